The molecule has 0 amide bonds. The molecule has 1 aliphatic rings. The normalized spacial score (nSPS) is 33.0. The summed E-state index contributed by atoms with van der Waals surface area (Å²) in [6.07, 6.45) is 4.07. The maximum atomic E-state index is 10.0. The van der Waals surface area contributed by atoms with Crippen molar-refractivity contribution in [2.24, 2.45) is 16.6 Å². The van der Waals surface area contributed by atoms with E-state index in [4.69, 9.17) is 5.73 Å². The summed E-state index contributed by atoms with van der Waals surface area (Å²) in [7, 11) is 0. The number of hydrogen-bond acceptors (Lipinski definition) is 2. The Morgan fingerprint density at radius 2 is 2.00 bits per heavy atom. The van der Waals surface area contributed by atoms with Crippen molar-refractivity contribution in [1.82, 2.24) is 0 Å². The number of aliphatic hydroxyl groups is 1. The van der Waals surface area contributed by atoms with E-state index in [0.717, 1.165) is 25.7 Å². The summed E-state index contributed by atoms with van der Waals surface area (Å²) in [6, 6.07) is 0. The Balaban J connectivity index is 2.49. The van der Waals surface area contributed by atoms with Gasteiger partial charge in [-0.25, -0.2) is 0 Å². The van der Waals surface area contributed by atoms with Crippen LogP contribution in [0.25, 0.3) is 0 Å². The van der Waals surface area contributed by atoms with Gasteiger partial charge in [-0.05, 0) is 18.3 Å². The second kappa shape index (κ2) is 3.58. The van der Waals surface area contributed by atoms with Gasteiger partial charge < -0.3 is 10.8 Å². The Morgan fingerprint density at radius 3 is 2.31 bits per heavy atom. The van der Waals surface area contributed by atoms with Crippen LogP contribution in [0.5, 0.6) is 0 Å². The molecule has 0 spiro atoms. The Kier molecular flexibility index (Phi) is 3.03. The van der Waals surface area contributed by atoms with Gasteiger partial charge in [0.2, 0.25) is 0 Å². The highest BCUT2D eigenvalue weighted by Crippen LogP contribution is 2.65. The Morgan fingerprint density at radius 1 is 1.46 bits per heavy atom. The van der Waals surface area contributed by atoms with Crippen LogP contribution in [-0.2, 0) is 0 Å². The van der Waals surface area contributed by atoms with Crippen molar-refractivity contribution in [1.29, 1.82) is 0 Å². The van der Waals surface area contributed by atoms with E-state index in [-0.39, 0.29) is 16.9 Å². The molecule has 0 bridgehead atoms. The molecule has 1 saturated carbocycles. The molecule has 13 heavy (non-hydrogen) atoms. The number of unbranched alkanes of at least 4 members (excludes halogenated alkanes) is 1. The maximum absolute atomic E-state index is 10.0. The number of hydrogen-bond donors (Lipinski definition) is 2. The molecular weight excluding hydrogens is 162 g/mol. The van der Waals surface area contributed by atoms with Gasteiger partial charge in [0.25, 0.3) is 0 Å². The molecule has 1 rings (SSSR count). The van der Waals surface area contributed by atoms with Gasteiger partial charge in [0, 0.05) is 12.0 Å². The van der Waals surface area contributed by atoms with Gasteiger partial charge in [0.1, 0.15) is 0 Å². The van der Waals surface area contributed by atoms with Crippen molar-refractivity contribution in [2.75, 3.05) is 6.54 Å². The maximum Gasteiger partial charge on any atom is 0.0613 e. The van der Waals surface area contributed by atoms with E-state index in [1.807, 2.05) is 0 Å². The van der Waals surface area contributed by atoms with Crippen molar-refractivity contribution in [3.63, 3.8) is 0 Å². The van der Waals surface area contributed by atoms with Crippen molar-refractivity contribution in [3.05, 3.63) is 0 Å². The molecule has 0 aromatic carbocycles. The summed E-state index contributed by atoms with van der Waals surface area (Å²) in [4.78, 5) is 0. The smallest absolute Gasteiger partial charge is 0.0613 e. The summed E-state index contributed by atoms with van der Waals surface area (Å²) in [5.41, 5.74) is 6.05. The van der Waals surface area contributed by atoms with Crippen LogP contribution in [0.2, 0.25) is 0 Å². The number of rotatable bonds is 5. The van der Waals surface area contributed by atoms with Gasteiger partial charge in [-0.15, -0.1) is 0 Å². The third-order valence-corrected chi connectivity index (χ3v) is 3.81. The standard InChI is InChI=1S/C11H23NO/c1-4-5-6-9(13)11(8-12)7-10(11,2)3/h9,13H,4-8,12H2,1-3H3. The van der Waals surface area contributed by atoms with Gasteiger partial charge in [-0.1, -0.05) is 33.6 Å². The van der Waals surface area contributed by atoms with E-state index < -0.39 is 0 Å². The molecule has 2 heteroatoms. The zero-order valence-corrected chi connectivity index (χ0v) is 9.14. The fraction of sp³-hybridized carbons (Fsp3) is 1.00. The molecule has 3 N–H and O–H groups in total. The quantitative estimate of drug-likeness (QED) is 0.687. The Labute approximate surface area is 81.5 Å². The molecule has 0 aromatic heterocycles. The Hall–Kier alpha value is -0.0800. The highest BCUT2D eigenvalue weighted by molar-refractivity contribution is 5.13. The van der Waals surface area contributed by atoms with Crippen molar-refractivity contribution >= 4 is 0 Å². The van der Waals surface area contributed by atoms with Gasteiger partial charge in [0.15, 0.2) is 0 Å². The van der Waals surface area contributed by atoms with Gasteiger partial charge in [-0.2, -0.15) is 0 Å². The first kappa shape index (κ1) is 11.0. The topological polar surface area (TPSA) is 46.2 Å². The van der Waals surface area contributed by atoms with E-state index in [1.54, 1.807) is 0 Å². The first-order chi connectivity index (χ1) is 6.00. The SMILES string of the molecule is CCCCC(O)C1(CN)CC1(C)C. The molecule has 2 atom stereocenters. The summed E-state index contributed by atoms with van der Waals surface area (Å²) >= 11 is 0. The molecular formula is C11H23NO. The fourth-order valence-corrected chi connectivity index (χ4v) is 2.47. The first-order valence-corrected chi connectivity index (χ1v) is 5.38. The lowest BCUT2D eigenvalue weighted by Crippen LogP contribution is -2.33. The average Bonchev–Trinajstić information content (AvgIpc) is 2.66. The minimum atomic E-state index is -0.188. The molecule has 1 aliphatic carbocycles. The average molecular weight is 185 g/mol. The van der Waals surface area contributed by atoms with Crippen LogP contribution in [0.3, 0.4) is 0 Å². The lowest BCUT2D eigenvalue weighted by molar-refractivity contribution is 0.0655. The minimum absolute atomic E-state index is 0.0299. The highest BCUT2D eigenvalue weighted by atomic mass is 16.3. The van der Waals surface area contributed by atoms with Crippen molar-refractivity contribution in [3.8, 4) is 0 Å². The van der Waals surface area contributed by atoms with E-state index in [9.17, 15) is 5.11 Å². The Bertz CT molecular complexity index is 179. The molecule has 0 heterocycles. The first-order valence-electron chi connectivity index (χ1n) is 5.38. The third-order valence-electron chi connectivity index (χ3n) is 3.81. The largest absolute Gasteiger partial charge is 0.392 e. The van der Waals surface area contributed by atoms with Crippen LogP contribution in [0.4, 0.5) is 0 Å². The second-order valence-corrected chi connectivity index (χ2v) is 5.08. The van der Waals surface area contributed by atoms with Crippen molar-refractivity contribution in [2.45, 2.75) is 52.6 Å². The fourth-order valence-electron chi connectivity index (χ4n) is 2.47. The van der Waals surface area contributed by atoms with E-state index in [0.29, 0.717) is 6.54 Å². The summed E-state index contributed by atoms with van der Waals surface area (Å²) < 4.78 is 0. The van der Waals surface area contributed by atoms with E-state index >= 15 is 0 Å². The van der Waals surface area contributed by atoms with E-state index in [2.05, 4.69) is 20.8 Å². The van der Waals surface area contributed by atoms with Crippen LogP contribution >= 0.6 is 0 Å². The predicted octanol–water partition coefficient (Wildman–Crippen LogP) is 1.91. The van der Waals surface area contributed by atoms with Crippen LogP contribution in [0.1, 0.15) is 46.5 Å². The molecule has 0 aliphatic heterocycles. The number of aliphatic hydroxyl groups excluding tert-OH is 1. The van der Waals surface area contributed by atoms with E-state index in [1.165, 1.54) is 0 Å². The summed E-state index contributed by atoms with van der Waals surface area (Å²) in [5.74, 6) is 0. The zero-order valence-electron chi connectivity index (χ0n) is 9.14. The van der Waals surface area contributed by atoms with Crippen molar-refractivity contribution < 1.29 is 5.11 Å². The molecule has 0 saturated heterocycles. The number of nitrogens with two attached hydrogens (primary N) is 1. The van der Waals surface area contributed by atoms with Gasteiger partial charge in [0.05, 0.1) is 6.10 Å². The molecule has 78 valence electrons. The monoisotopic (exact) mass is 185 g/mol. The van der Waals surface area contributed by atoms with Crippen LogP contribution in [-0.4, -0.2) is 17.8 Å². The lowest BCUT2D eigenvalue weighted by atomic mass is 9.87. The third kappa shape index (κ3) is 1.75. The van der Waals surface area contributed by atoms with Gasteiger partial charge in [-0.3, -0.25) is 0 Å². The molecule has 0 radical (unpaired) electrons. The molecule has 2 nitrogen and oxygen atoms in total. The van der Waals surface area contributed by atoms with Crippen LogP contribution in [0.15, 0.2) is 0 Å². The second-order valence-electron chi connectivity index (χ2n) is 5.08. The minimum Gasteiger partial charge on any atom is -0.392 e. The van der Waals surface area contributed by atoms with Crippen LogP contribution < -0.4 is 5.73 Å². The predicted molar refractivity (Wildman–Crippen MR) is 55.4 cm³/mol. The van der Waals surface area contributed by atoms with Crippen LogP contribution in [0, 0.1) is 10.8 Å². The zero-order chi connectivity index (χ0) is 10.1. The highest BCUT2D eigenvalue weighted by Gasteiger charge is 2.63. The summed E-state index contributed by atoms with van der Waals surface area (Å²) in [5, 5.41) is 10.0. The molecule has 0 aromatic rings. The molecule has 1 fully saturated rings. The lowest BCUT2D eigenvalue weighted by Gasteiger charge is -2.24. The molecule has 2 unspecified atom stereocenters. The van der Waals surface area contributed by atoms with Gasteiger partial charge >= 0.3 is 0 Å². The summed E-state index contributed by atoms with van der Waals surface area (Å²) in [6.45, 7) is 7.19.